The first kappa shape index (κ1) is 19.5. The van der Waals surface area contributed by atoms with Crippen molar-refractivity contribution in [3.63, 3.8) is 0 Å². The lowest BCUT2D eigenvalue weighted by atomic mass is 9.71. The first-order valence-electron chi connectivity index (χ1n) is 9.99. The van der Waals surface area contributed by atoms with Gasteiger partial charge in [0, 0.05) is 6.04 Å². The minimum Gasteiger partial charge on any atom is -0.484 e. The number of rotatable bonds is 5. The summed E-state index contributed by atoms with van der Waals surface area (Å²) in [6, 6.07) is 18.4. The number of benzene rings is 2. The topological polar surface area (TPSA) is 38.3 Å². The summed E-state index contributed by atoms with van der Waals surface area (Å²) in [7, 11) is 0. The zero-order chi connectivity index (χ0) is 19.3. The van der Waals surface area contributed by atoms with Gasteiger partial charge in [0.2, 0.25) is 0 Å². The molecule has 1 saturated carbocycles. The summed E-state index contributed by atoms with van der Waals surface area (Å²) in [6.07, 6.45) is 4.52. The van der Waals surface area contributed by atoms with Crippen LogP contribution in [0.2, 0.25) is 0 Å². The van der Waals surface area contributed by atoms with E-state index in [0.717, 1.165) is 30.1 Å². The van der Waals surface area contributed by atoms with Crippen molar-refractivity contribution in [1.82, 2.24) is 5.32 Å². The average molecular weight is 366 g/mol. The van der Waals surface area contributed by atoms with E-state index in [4.69, 9.17) is 4.74 Å². The lowest BCUT2D eigenvalue weighted by Gasteiger charge is -2.37. The van der Waals surface area contributed by atoms with Crippen LogP contribution in [0.5, 0.6) is 5.75 Å². The van der Waals surface area contributed by atoms with Crippen LogP contribution in [0.3, 0.4) is 0 Å². The number of hydrogen-bond donors (Lipinski definition) is 1. The Kier molecular flexibility index (Phi) is 6.20. The van der Waals surface area contributed by atoms with Crippen LogP contribution in [0.15, 0.2) is 54.6 Å². The van der Waals surface area contributed by atoms with E-state index in [0.29, 0.717) is 11.5 Å². The number of ether oxygens (including phenoxy) is 1. The molecule has 0 atom stereocenters. The Morgan fingerprint density at radius 2 is 1.52 bits per heavy atom. The standard InChI is InChI=1S/C24H31NO2/c1-24(2,3)20-11-13-21(14-12-20)25-23(26)17-27-22-15-9-19(10-16-22)18-7-5-4-6-8-18/h4-10,15-16,20-21H,11-14,17H2,1-3H3,(H,25,26). The second kappa shape index (κ2) is 8.60. The van der Waals surface area contributed by atoms with Crippen molar-refractivity contribution in [2.24, 2.45) is 11.3 Å². The second-order valence-electron chi connectivity index (χ2n) is 8.66. The summed E-state index contributed by atoms with van der Waals surface area (Å²) in [5.74, 6) is 1.45. The molecular weight excluding hydrogens is 334 g/mol. The zero-order valence-electron chi connectivity index (χ0n) is 16.7. The number of hydrogen-bond acceptors (Lipinski definition) is 2. The maximum atomic E-state index is 12.2. The molecule has 27 heavy (non-hydrogen) atoms. The Labute approximate surface area is 163 Å². The molecule has 0 heterocycles. The highest BCUT2D eigenvalue weighted by Crippen LogP contribution is 2.37. The van der Waals surface area contributed by atoms with E-state index in [9.17, 15) is 4.79 Å². The van der Waals surface area contributed by atoms with Crippen molar-refractivity contribution in [2.75, 3.05) is 6.61 Å². The first-order valence-corrected chi connectivity index (χ1v) is 9.99. The molecule has 0 unspecified atom stereocenters. The van der Waals surface area contributed by atoms with Gasteiger partial charge in [-0.25, -0.2) is 0 Å². The van der Waals surface area contributed by atoms with E-state index in [2.05, 4.69) is 38.2 Å². The van der Waals surface area contributed by atoms with Gasteiger partial charge in [-0.3, -0.25) is 4.79 Å². The highest BCUT2D eigenvalue weighted by Gasteiger charge is 2.30. The van der Waals surface area contributed by atoms with Crippen LogP contribution in [0, 0.1) is 11.3 Å². The Morgan fingerprint density at radius 1 is 0.926 bits per heavy atom. The zero-order valence-corrected chi connectivity index (χ0v) is 16.7. The van der Waals surface area contributed by atoms with Crippen LogP contribution < -0.4 is 10.1 Å². The number of nitrogens with one attached hydrogen (secondary N) is 1. The monoisotopic (exact) mass is 365 g/mol. The highest BCUT2D eigenvalue weighted by molar-refractivity contribution is 5.77. The minimum absolute atomic E-state index is 0.0265. The van der Waals surface area contributed by atoms with Gasteiger partial charge in [0.05, 0.1) is 0 Å². The van der Waals surface area contributed by atoms with Crippen LogP contribution in [0.4, 0.5) is 0 Å². The Hall–Kier alpha value is -2.29. The van der Waals surface area contributed by atoms with E-state index in [1.807, 2.05) is 42.5 Å². The van der Waals surface area contributed by atoms with Gasteiger partial charge in [-0.1, -0.05) is 63.2 Å². The number of amides is 1. The number of carbonyl (C=O) groups is 1. The molecule has 1 amide bonds. The molecule has 0 radical (unpaired) electrons. The molecule has 0 saturated heterocycles. The van der Waals surface area contributed by atoms with E-state index < -0.39 is 0 Å². The minimum atomic E-state index is -0.0265. The SMILES string of the molecule is CC(C)(C)C1CCC(NC(=O)COc2ccc(-c3ccccc3)cc2)CC1. The lowest BCUT2D eigenvalue weighted by molar-refractivity contribution is -0.124. The average Bonchev–Trinajstić information content (AvgIpc) is 2.67. The van der Waals surface area contributed by atoms with Crippen LogP contribution in [-0.2, 0) is 4.79 Å². The fraction of sp³-hybridized carbons (Fsp3) is 0.458. The molecule has 3 heteroatoms. The molecule has 1 aliphatic carbocycles. The molecule has 3 nitrogen and oxygen atoms in total. The summed E-state index contributed by atoms with van der Waals surface area (Å²) in [5.41, 5.74) is 2.68. The largest absolute Gasteiger partial charge is 0.484 e. The summed E-state index contributed by atoms with van der Waals surface area (Å²) < 4.78 is 5.66. The third kappa shape index (κ3) is 5.59. The van der Waals surface area contributed by atoms with Gasteiger partial charge in [0.25, 0.3) is 5.91 Å². The highest BCUT2D eigenvalue weighted by atomic mass is 16.5. The maximum absolute atomic E-state index is 12.2. The number of carbonyl (C=O) groups excluding carboxylic acids is 1. The summed E-state index contributed by atoms with van der Waals surface area (Å²) in [6.45, 7) is 7.01. The van der Waals surface area contributed by atoms with Crippen molar-refractivity contribution in [3.8, 4) is 16.9 Å². The molecule has 3 rings (SSSR count). The maximum Gasteiger partial charge on any atom is 0.258 e. The fourth-order valence-corrected chi connectivity index (χ4v) is 3.90. The van der Waals surface area contributed by atoms with Crippen LogP contribution in [0.25, 0.3) is 11.1 Å². The van der Waals surface area contributed by atoms with Gasteiger partial charge in [-0.05, 0) is 60.3 Å². The van der Waals surface area contributed by atoms with Gasteiger partial charge in [0.15, 0.2) is 6.61 Å². The predicted molar refractivity (Wildman–Crippen MR) is 111 cm³/mol. The van der Waals surface area contributed by atoms with Crippen molar-refractivity contribution in [3.05, 3.63) is 54.6 Å². The Morgan fingerprint density at radius 3 is 2.11 bits per heavy atom. The van der Waals surface area contributed by atoms with Crippen molar-refractivity contribution < 1.29 is 9.53 Å². The smallest absolute Gasteiger partial charge is 0.258 e. The molecular formula is C24H31NO2. The first-order chi connectivity index (χ1) is 12.9. The molecule has 2 aromatic rings. The van der Waals surface area contributed by atoms with Crippen molar-refractivity contribution in [2.45, 2.75) is 52.5 Å². The molecule has 0 aliphatic heterocycles. The van der Waals surface area contributed by atoms with Crippen molar-refractivity contribution >= 4 is 5.91 Å². The van der Waals surface area contributed by atoms with E-state index >= 15 is 0 Å². The summed E-state index contributed by atoms with van der Waals surface area (Å²) in [4.78, 5) is 12.2. The van der Waals surface area contributed by atoms with E-state index in [1.165, 1.54) is 18.4 Å². The third-order valence-electron chi connectivity index (χ3n) is 5.65. The molecule has 1 aliphatic rings. The van der Waals surface area contributed by atoms with Gasteiger partial charge in [0.1, 0.15) is 5.75 Å². The lowest BCUT2D eigenvalue weighted by Crippen LogP contribution is -2.41. The molecule has 0 bridgehead atoms. The van der Waals surface area contributed by atoms with E-state index in [1.54, 1.807) is 0 Å². The normalized spacial score (nSPS) is 20.1. The van der Waals surface area contributed by atoms with Gasteiger partial charge in [-0.15, -0.1) is 0 Å². The second-order valence-corrected chi connectivity index (χ2v) is 8.66. The van der Waals surface area contributed by atoms with Crippen molar-refractivity contribution in [1.29, 1.82) is 0 Å². The molecule has 144 valence electrons. The molecule has 1 N–H and O–H groups in total. The van der Waals surface area contributed by atoms with Crippen LogP contribution in [0.1, 0.15) is 46.5 Å². The molecule has 0 spiro atoms. The summed E-state index contributed by atoms with van der Waals surface area (Å²) >= 11 is 0. The molecule has 0 aromatic heterocycles. The Bertz CT molecular complexity index is 723. The predicted octanol–water partition coefficient (Wildman–Crippen LogP) is 5.45. The third-order valence-corrected chi connectivity index (χ3v) is 5.65. The van der Waals surface area contributed by atoms with Crippen LogP contribution >= 0.6 is 0 Å². The Balaban J connectivity index is 1.43. The molecule has 1 fully saturated rings. The quantitative estimate of drug-likeness (QED) is 0.765. The van der Waals surface area contributed by atoms with Crippen LogP contribution in [-0.4, -0.2) is 18.6 Å². The van der Waals surface area contributed by atoms with Gasteiger partial charge in [-0.2, -0.15) is 0 Å². The van der Waals surface area contributed by atoms with Gasteiger partial charge >= 0.3 is 0 Å². The van der Waals surface area contributed by atoms with Gasteiger partial charge < -0.3 is 10.1 Å². The summed E-state index contributed by atoms with van der Waals surface area (Å²) in [5, 5.41) is 3.13. The molecule has 2 aromatic carbocycles. The fourth-order valence-electron chi connectivity index (χ4n) is 3.90. The van der Waals surface area contributed by atoms with E-state index in [-0.39, 0.29) is 12.5 Å².